The largest absolute Gasteiger partial charge is 0.493 e. The van der Waals surface area contributed by atoms with Crippen LogP contribution in [0.25, 0.3) is 0 Å². The molecule has 0 aliphatic rings. The van der Waals surface area contributed by atoms with E-state index in [9.17, 15) is 0 Å². The lowest BCUT2D eigenvalue weighted by atomic mass is 10.1. The minimum atomic E-state index is -0.0546. The van der Waals surface area contributed by atoms with Gasteiger partial charge in [0.05, 0.1) is 7.11 Å². The highest BCUT2D eigenvalue weighted by Crippen LogP contribution is 2.30. The van der Waals surface area contributed by atoms with Crippen LogP contribution in [0.5, 0.6) is 11.5 Å². The smallest absolute Gasteiger partial charge is 0.264 e. The molecule has 6 nitrogen and oxygen atoms in total. The molecule has 0 saturated heterocycles. The fourth-order valence-electron chi connectivity index (χ4n) is 1.72. The number of nitrogens with two attached hydrogens (primary N) is 1. The molecular weight excluding hydrogens is 258 g/mol. The Hall–Kier alpha value is -2.08. The zero-order chi connectivity index (χ0) is 14.5. The third kappa shape index (κ3) is 3.27. The van der Waals surface area contributed by atoms with Gasteiger partial charge in [0.2, 0.25) is 0 Å². The predicted octanol–water partition coefficient (Wildman–Crippen LogP) is 2.24. The van der Waals surface area contributed by atoms with Crippen molar-refractivity contribution in [1.82, 2.24) is 10.1 Å². The minimum absolute atomic E-state index is 0.0546. The lowest BCUT2D eigenvalue weighted by Gasteiger charge is -2.12. The first kappa shape index (κ1) is 14.3. The molecule has 0 amide bonds. The monoisotopic (exact) mass is 277 g/mol. The fourth-order valence-corrected chi connectivity index (χ4v) is 1.72. The number of methoxy groups -OCH3 is 1. The summed E-state index contributed by atoms with van der Waals surface area (Å²) in [5.41, 5.74) is 6.83. The van der Waals surface area contributed by atoms with Crippen LogP contribution in [0.4, 0.5) is 0 Å². The van der Waals surface area contributed by atoms with Gasteiger partial charge >= 0.3 is 0 Å². The summed E-state index contributed by atoms with van der Waals surface area (Å²) in [5, 5.41) is 3.81. The SMILES string of the molecule is CCc1noc(COc2ccc(C(C)N)cc2OC)n1. The highest BCUT2D eigenvalue weighted by atomic mass is 16.5. The van der Waals surface area contributed by atoms with Gasteiger partial charge in [-0.3, -0.25) is 0 Å². The van der Waals surface area contributed by atoms with Crippen LogP contribution in [0, 0.1) is 0 Å². The third-order valence-corrected chi connectivity index (χ3v) is 2.89. The molecule has 20 heavy (non-hydrogen) atoms. The van der Waals surface area contributed by atoms with Crippen molar-refractivity contribution in [2.24, 2.45) is 5.73 Å². The first-order valence-corrected chi connectivity index (χ1v) is 6.51. The molecule has 1 aromatic heterocycles. The van der Waals surface area contributed by atoms with Gasteiger partial charge in [-0.25, -0.2) is 0 Å². The quantitative estimate of drug-likeness (QED) is 0.871. The average Bonchev–Trinajstić information content (AvgIpc) is 2.92. The Morgan fingerprint density at radius 2 is 2.15 bits per heavy atom. The summed E-state index contributed by atoms with van der Waals surface area (Å²) in [6.45, 7) is 4.09. The van der Waals surface area contributed by atoms with Gasteiger partial charge in [-0.05, 0) is 24.6 Å². The fraction of sp³-hybridized carbons (Fsp3) is 0.429. The third-order valence-electron chi connectivity index (χ3n) is 2.89. The van der Waals surface area contributed by atoms with Crippen molar-refractivity contribution in [3.8, 4) is 11.5 Å². The van der Waals surface area contributed by atoms with Crippen molar-refractivity contribution < 1.29 is 14.0 Å². The van der Waals surface area contributed by atoms with Gasteiger partial charge < -0.3 is 19.7 Å². The first-order chi connectivity index (χ1) is 9.63. The second-order valence-electron chi connectivity index (χ2n) is 4.45. The van der Waals surface area contributed by atoms with E-state index in [1.807, 2.05) is 32.0 Å². The van der Waals surface area contributed by atoms with Crippen LogP contribution in [0.3, 0.4) is 0 Å². The molecule has 0 bridgehead atoms. The van der Waals surface area contributed by atoms with Crippen LogP contribution in [0.1, 0.15) is 37.2 Å². The molecule has 0 saturated carbocycles. The van der Waals surface area contributed by atoms with Crippen LogP contribution in [0.15, 0.2) is 22.7 Å². The molecule has 1 atom stereocenters. The maximum Gasteiger partial charge on any atom is 0.264 e. The molecule has 2 N–H and O–H groups in total. The van der Waals surface area contributed by atoms with Crippen molar-refractivity contribution in [3.05, 3.63) is 35.5 Å². The van der Waals surface area contributed by atoms with Crippen molar-refractivity contribution >= 4 is 0 Å². The molecule has 108 valence electrons. The van der Waals surface area contributed by atoms with Crippen molar-refractivity contribution in [2.45, 2.75) is 32.9 Å². The standard InChI is InChI=1S/C14H19N3O3/c1-4-13-16-14(20-17-13)8-19-11-6-5-10(9(2)15)7-12(11)18-3/h5-7,9H,4,8,15H2,1-3H3. The van der Waals surface area contributed by atoms with Gasteiger partial charge in [0.25, 0.3) is 5.89 Å². The molecular formula is C14H19N3O3. The molecule has 2 rings (SSSR count). The summed E-state index contributed by atoms with van der Waals surface area (Å²) in [5.74, 6) is 2.37. The van der Waals surface area contributed by atoms with Gasteiger partial charge in [-0.1, -0.05) is 18.1 Å². The number of aromatic nitrogens is 2. The topological polar surface area (TPSA) is 83.4 Å². The Bertz CT molecular complexity index is 567. The number of aryl methyl sites for hydroxylation is 1. The Labute approximate surface area is 117 Å². The average molecular weight is 277 g/mol. The first-order valence-electron chi connectivity index (χ1n) is 6.51. The molecule has 0 fully saturated rings. The van der Waals surface area contributed by atoms with Gasteiger partial charge in [-0.15, -0.1) is 0 Å². The number of rotatable bonds is 6. The van der Waals surface area contributed by atoms with E-state index in [1.165, 1.54) is 0 Å². The van der Waals surface area contributed by atoms with Crippen LogP contribution < -0.4 is 15.2 Å². The molecule has 0 radical (unpaired) electrons. The molecule has 2 aromatic rings. The maximum atomic E-state index is 5.84. The van der Waals surface area contributed by atoms with Crippen LogP contribution in [-0.2, 0) is 13.0 Å². The predicted molar refractivity (Wildman–Crippen MR) is 73.6 cm³/mol. The van der Waals surface area contributed by atoms with Gasteiger partial charge in [0.1, 0.15) is 0 Å². The van der Waals surface area contributed by atoms with E-state index in [-0.39, 0.29) is 12.6 Å². The molecule has 0 spiro atoms. The maximum absolute atomic E-state index is 5.84. The van der Waals surface area contributed by atoms with E-state index >= 15 is 0 Å². The van der Waals surface area contributed by atoms with E-state index in [4.69, 9.17) is 19.7 Å². The van der Waals surface area contributed by atoms with Gasteiger partial charge in [0, 0.05) is 12.5 Å². The molecule has 0 aliphatic carbocycles. The summed E-state index contributed by atoms with van der Waals surface area (Å²) in [7, 11) is 1.59. The molecule has 1 aromatic carbocycles. The Kier molecular flexibility index (Phi) is 4.57. The van der Waals surface area contributed by atoms with E-state index in [0.29, 0.717) is 23.2 Å². The number of hydrogen-bond acceptors (Lipinski definition) is 6. The summed E-state index contributed by atoms with van der Waals surface area (Å²) >= 11 is 0. The lowest BCUT2D eigenvalue weighted by molar-refractivity contribution is 0.233. The second kappa shape index (κ2) is 6.38. The van der Waals surface area contributed by atoms with Gasteiger partial charge in [0.15, 0.2) is 23.9 Å². The van der Waals surface area contributed by atoms with Crippen LogP contribution in [-0.4, -0.2) is 17.3 Å². The van der Waals surface area contributed by atoms with Crippen molar-refractivity contribution in [2.75, 3.05) is 7.11 Å². The molecule has 1 unspecified atom stereocenters. The summed E-state index contributed by atoms with van der Waals surface area (Å²) < 4.78 is 16.0. The number of ether oxygens (including phenoxy) is 2. The highest BCUT2D eigenvalue weighted by Gasteiger charge is 2.10. The van der Waals surface area contributed by atoms with Crippen molar-refractivity contribution in [3.63, 3.8) is 0 Å². The van der Waals surface area contributed by atoms with E-state index in [1.54, 1.807) is 7.11 Å². The van der Waals surface area contributed by atoms with Crippen LogP contribution >= 0.6 is 0 Å². The Balaban J connectivity index is 2.08. The Morgan fingerprint density at radius 1 is 1.35 bits per heavy atom. The van der Waals surface area contributed by atoms with Crippen molar-refractivity contribution in [1.29, 1.82) is 0 Å². The summed E-state index contributed by atoms with van der Waals surface area (Å²) in [6, 6.07) is 5.55. The van der Waals surface area contributed by atoms with E-state index in [0.717, 1.165) is 12.0 Å². The Morgan fingerprint density at radius 3 is 2.75 bits per heavy atom. The minimum Gasteiger partial charge on any atom is -0.493 e. The van der Waals surface area contributed by atoms with E-state index in [2.05, 4.69) is 10.1 Å². The molecule has 1 heterocycles. The normalized spacial score (nSPS) is 12.2. The summed E-state index contributed by atoms with van der Waals surface area (Å²) in [4.78, 5) is 4.18. The number of hydrogen-bond donors (Lipinski definition) is 1. The lowest BCUT2D eigenvalue weighted by Crippen LogP contribution is -2.06. The van der Waals surface area contributed by atoms with Crippen LogP contribution in [0.2, 0.25) is 0 Å². The number of nitrogens with zero attached hydrogens (tertiary/aromatic N) is 2. The molecule has 0 aliphatic heterocycles. The highest BCUT2D eigenvalue weighted by molar-refractivity contribution is 5.43. The zero-order valence-corrected chi connectivity index (χ0v) is 11.9. The number of benzene rings is 1. The molecule has 6 heteroatoms. The van der Waals surface area contributed by atoms with E-state index < -0.39 is 0 Å². The van der Waals surface area contributed by atoms with Gasteiger partial charge in [-0.2, -0.15) is 4.98 Å². The summed E-state index contributed by atoms with van der Waals surface area (Å²) in [6.07, 6.45) is 0.732. The second-order valence-corrected chi connectivity index (χ2v) is 4.45. The zero-order valence-electron chi connectivity index (χ0n) is 11.9.